The summed E-state index contributed by atoms with van der Waals surface area (Å²) in [5, 5.41) is 13.1. The molecule has 21 heavy (non-hydrogen) atoms. The van der Waals surface area contributed by atoms with E-state index in [1.807, 2.05) is 31.2 Å². The van der Waals surface area contributed by atoms with Crippen molar-refractivity contribution in [1.82, 2.24) is 5.32 Å². The first kappa shape index (κ1) is 16.5. The van der Waals surface area contributed by atoms with E-state index in [1.165, 1.54) is 10.4 Å². The Labute approximate surface area is 138 Å². The van der Waals surface area contributed by atoms with Gasteiger partial charge in [-0.1, -0.05) is 17.7 Å². The molecule has 0 aliphatic heterocycles. The molecule has 0 aliphatic rings. The first-order chi connectivity index (χ1) is 10.1. The second kappa shape index (κ2) is 8.54. The van der Waals surface area contributed by atoms with Gasteiger partial charge in [0.05, 0.1) is 3.79 Å². The maximum Gasteiger partial charge on any atom is 0.119 e. The topological polar surface area (TPSA) is 41.5 Å². The van der Waals surface area contributed by atoms with Crippen LogP contribution in [-0.2, 0) is 6.42 Å². The van der Waals surface area contributed by atoms with Crippen molar-refractivity contribution in [3.8, 4) is 5.75 Å². The molecule has 3 nitrogen and oxygen atoms in total. The molecule has 1 aromatic carbocycles. The van der Waals surface area contributed by atoms with Crippen molar-refractivity contribution in [1.29, 1.82) is 0 Å². The zero-order valence-corrected chi connectivity index (χ0v) is 14.4. The lowest BCUT2D eigenvalue weighted by Gasteiger charge is -2.13. The quantitative estimate of drug-likeness (QED) is 0.700. The lowest BCUT2D eigenvalue weighted by molar-refractivity contribution is 0.106. The van der Waals surface area contributed by atoms with Gasteiger partial charge in [0.1, 0.15) is 18.5 Å². The fraction of sp³-hybridized carbons (Fsp3) is 0.375. The van der Waals surface area contributed by atoms with Crippen LogP contribution < -0.4 is 10.1 Å². The molecule has 2 N–H and O–H groups in total. The number of hydrogen-bond acceptors (Lipinski definition) is 4. The Kier molecular flexibility index (Phi) is 6.70. The van der Waals surface area contributed by atoms with E-state index in [9.17, 15) is 5.11 Å². The van der Waals surface area contributed by atoms with Gasteiger partial charge >= 0.3 is 0 Å². The molecular weight excluding hydrogens is 350 g/mol. The van der Waals surface area contributed by atoms with Gasteiger partial charge in [0.2, 0.25) is 0 Å². The van der Waals surface area contributed by atoms with E-state index in [-0.39, 0.29) is 0 Å². The maximum absolute atomic E-state index is 9.87. The van der Waals surface area contributed by atoms with Gasteiger partial charge in [0.15, 0.2) is 0 Å². The Balaban J connectivity index is 1.59. The minimum absolute atomic E-state index is 0.306. The third-order valence-electron chi connectivity index (χ3n) is 3.02. The normalized spacial score (nSPS) is 12.3. The minimum atomic E-state index is -0.499. The molecule has 1 heterocycles. The average Bonchev–Trinajstić information content (AvgIpc) is 2.89. The number of aliphatic hydroxyl groups is 1. The van der Waals surface area contributed by atoms with Crippen molar-refractivity contribution in [2.24, 2.45) is 0 Å². The molecule has 0 saturated heterocycles. The first-order valence-corrected chi connectivity index (χ1v) is 8.57. The maximum atomic E-state index is 9.87. The van der Waals surface area contributed by atoms with Gasteiger partial charge < -0.3 is 15.2 Å². The summed E-state index contributed by atoms with van der Waals surface area (Å²) in [6.45, 7) is 3.74. The standard InChI is InChI=1S/C16H20BrNO2S/c1-12-2-4-14(5-3-12)20-11-13(19)10-18-9-8-15-6-7-16(17)21-15/h2-7,13,18-19H,8-11H2,1H3. The lowest BCUT2D eigenvalue weighted by atomic mass is 10.2. The zero-order chi connectivity index (χ0) is 15.1. The summed E-state index contributed by atoms with van der Waals surface area (Å²) in [5.41, 5.74) is 1.20. The smallest absolute Gasteiger partial charge is 0.119 e. The van der Waals surface area contributed by atoms with E-state index in [4.69, 9.17) is 4.74 Å². The van der Waals surface area contributed by atoms with E-state index < -0.39 is 6.10 Å². The van der Waals surface area contributed by atoms with E-state index >= 15 is 0 Å². The number of halogens is 1. The number of aliphatic hydroxyl groups excluding tert-OH is 1. The molecular formula is C16H20BrNO2S. The number of hydrogen-bond donors (Lipinski definition) is 2. The highest BCUT2D eigenvalue weighted by Gasteiger charge is 2.05. The van der Waals surface area contributed by atoms with Crippen LogP contribution in [-0.4, -0.2) is 30.9 Å². The Morgan fingerprint density at radius 1 is 1.24 bits per heavy atom. The van der Waals surface area contributed by atoms with Gasteiger partial charge in [-0.25, -0.2) is 0 Å². The van der Waals surface area contributed by atoms with Crippen LogP contribution in [0.3, 0.4) is 0 Å². The van der Waals surface area contributed by atoms with Gasteiger partial charge in [0.25, 0.3) is 0 Å². The second-order valence-corrected chi connectivity index (χ2v) is 7.49. The Bertz CT molecular complexity index is 541. The summed E-state index contributed by atoms with van der Waals surface area (Å²) < 4.78 is 6.70. The Morgan fingerprint density at radius 3 is 2.67 bits per heavy atom. The third-order valence-corrected chi connectivity index (χ3v) is 4.70. The zero-order valence-electron chi connectivity index (χ0n) is 12.0. The minimum Gasteiger partial charge on any atom is -0.491 e. The summed E-state index contributed by atoms with van der Waals surface area (Å²) in [6, 6.07) is 12.0. The van der Waals surface area contributed by atoms with Crippen LogP contribution in [0.4, 0.5) is 0 Å². The van der Waals surface area contributed by atoms with Gasteiger partial charge in [-0.05, 0) is 53.5 Å². The summed E-state index contributed by atoms with van der Waals surface area (Å²) in [7, 11) is 0. The third kappa shape index (κ3) is 6.18. The number of ether oxygens (including phenoxy) is 1. The van der Waals surface area contributed by atoms with E-state index in [0.29, 0.717) is 13.2 Å². The average molecular weight is 370 g/mol. The molecule has 0 aliphatic carbocycles. The predicted octanol–water partition coefficient (Wildman–Crippen LogP) is 3.39. The fourth-order valence-electron chi connectivity index (χ4n) is 1.85. The summed E-state index contributed by atoms with van der Waals surface area (Å²) in [4.78, 5) is 1.33. The molecule has 5 heteroatoms. The molecule has 0 radical (unpaired) electrons. The molecule has 0 fully saturated rings. The molecule has 114 valence electrons. The number of aryl methyl sites for hydroxylation is 1. The highest BCUT2D eigenvalue weighted by atomic mass is 79.9. The highest BCUT2D eigenvalue weighted by molar-refractivity contribution is 9.11. The van der Waals surface area contributed by atoms with Gasteiger partial charge in [-0.15, -0.1) is 11.3 Å². The SMILES string of the molecule is Cc1ccc(OCC(O)CNCCc2ccc(Br)s2)cc1. The highest BCUT2D eigenvalue weighted by Crippen LogP contribution is 2.22. The molecule has 1 aromatic heterocycles. The Hall–Kier alpha value is -0.880. The fourth-order valence-corrected chi connectivity index (χ4v) is 3.33. The van der Waals surface area contributed by atoms with Crippen molar-refractivity contribution in [2.75, 3.05) is 19.7 Å². The van der Waals surface area contributed by atoms with Crippen LogP contribution in [0.2, 0.25) is 0 Å². The van der Waals surface area contributed by atoms with Crippen molar-refractivity contribution < 1.29 is 9.84 Å². The monoisotopic (exact) mass is 369 g/mol. The van der Waals surface area contributed by atoms with E-state index in [0.717, 1.165) is 22.5 Å². The molecule has 0 spiro atoms. The number of rotatable bonds is 8. The first-order valence-electron chi connectivity index (χ1n) is 6.96. The van der Waals surface area contributed by atoms with Crippen LogP contribution in [0.15, 0.2) is 40.2 Å². The summed E-state index contributed by atoms with van der Waals surface area (Å²) in [6.07, 6.45) is 0.475. The predicted molar refractivity (Wildman–Crippen MR) is 91.3 cm³/mol. The summed E-state index contributed by atoms with van der Waals surface area (Å²) >= 11 is 5.20. The van der Waals surface area contributed by atoms with Gasteiger partial charge in [-0.3, -0.25) is 0 Å². The van der Waals surface area contributed by atoms with Crippen LogP contribution in [0.5, 0.6) is 5.75 Å². The number of thiophene rings is 1. The van der Waals surface area contributed by atoms with Gasteiger partial charge in [0, 0.05) is 18.0 Å². The molecule has 0 saturated carbocycles. The molecule has 1 unspecified atom stereocenters. The van der Waals surface area contributed by atoms with E-state index in [1.54, 1.807) is 11.3 Å². The molecule has 2 rings (SSSR count). The Morgan fingerprint density at radius 2 is 2.00 bits per heavy atom. The van der Waals surface area contributed by atoms with Crippen LogP contribution in [0.25, 0.3) is 0 Å². The largest absolute Gasteiger partial charge is 0.491 e. The van der Waals surface area contributed by atoms with Crippen LogP contribution in [0, 0.1) is 6.92 Å². The van der Waals surface area contributed by atoms with Gasteiger partial charge in [-0.2, -0.15) is 0 Å². The van der Waals surface area contributed by atoms with Crippen molar-refractivity contribution in [3.05, 3.63) is 50.6 Å². The second-order valence-electron chi connectivity index (χ2n) is 4.94. The number of benzene rings is 1. The molecule has 0 amide bonds. The van der Waals surface area contributed by atoms with Crippen molar-refractivity contribution >= 4 is 27.3 Å². The lowest BCUT2D eigenvalue weighted by Crippen LogP contribution is -2.32. The molecule has 1 atom stereocenters. The summed E-state index contributed by atoms with van der Waals surface area (Å²) in [5.74, 6) is 0.795. The van der Waals surface area contributed by atoms with Crippen molar-refractivity contribution in [2.45, 2.75) is 19.4 Å². The molecule has 2 aromatic rings. The van der Waals surface area contributed by atoms with E-state index in [2.05, 4.69) is 33.4 Å². The molecule has 0 bridgehead atoms. The number of nitrogens with one attached hydrogen (secondary N) is 1. The van der Waals surface area contributed by atoms with Crippen LogP contribution in [0.1, 0.15) is 10.4 Å². The van der Waals surface area contributed by atoms with Crippen molar-refractivity contribution in [3.63, 3.8) is 0 Å². The van der Waals surface area contributed by atoms with Crippen LogP contribution >= 0.6 is 27.3 Å².